The number of esters is 2. The van der Waals surface area contributed by atoms with Gasteiger partial charge in [-0.2, -0.15) is 0 Å². The first-order valence-electron chi connectivity index (χ1n) is 28.2. The highest BCUT2D eigenvalue weighted by atomic mass is 16.6. The molecule has 0 radical (unpaired) electrons. The Morgan fingerprint density at radius 3 is 1.12 bits per heavy atom. The lowest BCUT2D eigenvalue weighted by Gasteiger charge is -2.18. The van der Waals surface area contributed by atoms with Crippen molar-refractivity contribution in [1.29, 1.82) is 0 Å². The zero-order valence-corrected chi connectivity index (χ0v) is 43.1. The Labute approximate surface area is 399 Å². The third kappa shape index (κ3) is 52.5. The summed E-state index contributed by atoms with van der Waals surface area (Å²) in [6.45, 7) is 7.76. The number of hydrogen-bond donors (Lipinski definition) is 0. The van der Waals surface area contributed by atoms with Crippen LogP contribution in [0.25, 0.3) is 0 Å². The van der Waals surface area contributed by atoms with E-state index in [0.29, 0.717) is 19.4 Å². The lowest BCUT2D eigenvalue weighted by molar-refractivity contribution is -0.163. The summed E-state index contributed by atoms with van der Waals surface area (Å²) < 4.78 is 17.5. The maximum atomic E-state index is 12.8. The molecule has 0 aromatic rings. The van der Waals surface area contributed by atoms with Crippen LogP contribution in [-0.2, 0) is 23.8 Å². The summed E-state index contributed by atoms with van der Waals surface area (Å²) in [5.74, 6) is -0.396. The molecule has 0 amide bonds. The van der Waals surface area contributed by atoms with Crippen molar-refractivity contribution in [3.8, 4) is 0 Å². The van der Waals surface area contributed by atoms with Crippen LogP contribution >= 0.6 is 0 Å². The summed E-state index contributed by atoms with van der Waals surface area (Å²) in [7, 11) is 0. The van der Waals surface area contributed by atoms with E-state index in [0.717, 1.165) is 70.6 Å². The molecule has 0 aliphatic carbocycles. The van der Waals surface area contributed by atoms with Gasteiger partial charge in [0.15, 0.2) is 6.10 Å². The standard InChI is InChI=1S/C59H108O5/c1-4-7-10-13-16-19-22-25-27-29-30-31-32-35-37-40-43-46-49-52-58(60)63-56-57(64-59(61)53-50-47-44-41-38-34-24-21-18-15-12-9-6-3)55-62-54-51-48-45-42-39-36-33-28-26-23-20-17-14-11-8-5-2/h7,10,16,19,25,27,30-31,57H,4-6,8-9,11-15,17-18,20-24,26,28-29,32-56H2,1-3H3/b10-7-,19-16-,27-25-,31-30-. The average molecular weight is 898 g/mol. The van der Waals surface area contributed by atoms with Gasteiger partial charge in [-0.25, -0.2) is 0 Å². The first-order valence-corrected chi connectivity index (χ1v) is 28.2. The van der Waals surface area contributed by atoms with Crippen molar-refractivity contribution in [2.45, 2.75) is 297 Å². The minimum absolute atomic E-state index is 0.0828. The van der Waals surface area contributed by atoms with Gasteiger partial charge in [-0.3, -0.25) is 9.59 Å². The molecule has 0 saturated carbocycles. The molecule has 5 heteroatoms. The third-order valence-electron chi connectivity index (χ3n) is 12.4. The number of unbranched alkanes of at least 4 members (excludes halogenated alkanes) is 33. The fourth-order valence-corrected chi connectivity index (χ4v) is 8.21. The Bertz CT molecular complexity index is 1060. The number of allylic oxidation sites excluding steroid dienone is 8. The van der Waals surface area contributed by atoms with Crippen molar-refractivity contribution in [3.05, 3.63) is 48.6 Å². The van der Waals surface area contributed by atoms with Gasteiger partial charge in [0.1, 0.15) is 6.61 Å². The van der Waals surface area contributed by atoms with Gasteiger partial charge < -0.3 is 14.2 Å². The normalized spacial score (nSPS) is 12.5. The van der Waals surface area contributed by atoms with Crippen LogP contribution < -0.4 is 0 Å². The molecular weight excluding hydrogens is 789 g/mol. The fourth-order valence-electron chi connectivity index (χ4n) is 8.21. The van der Waals surface area contributed by atoms with Gasteiger partial charge in [-0.15, -0.1) is 0 Å². The maximum Gasteiger partial charge on any atom is 0.306 e. The zero-order chi connectivity index (χ0) is 46.3. The molecule has 374 valence electrons. The van der Waals surface area contributed by atoms with Gasteiger partial charge in [-0.1, -0.05) is 268 Å². The average Bonchev–Trinajstić information content (AvgIpc) is 3.30. The Morgan fingerprint density at radius 1 is 0.359 bits per heavy atom. The largest absolute Gasteiger partial charge is 0.462 e. The van der Waals surface area contributed by atoms with Gasteiger partial charge in [0.05, 0.1) is 6.61 Å². The van der Waals surface area contributed by atoms with Crippen LogP contribution in [0.2, 0.25) is 0 Å². The monoisotopic (exact) mass is 897 g/mol. The van der Waals surface area contributed by atoms with Crippen molar-refractivity contribution in [2.24, 2.45) is 0 Å². The van der Waals surface area contributed by atoms with Crippen LogP contribution in [0.15, 0.2) is 48.6 Å². The summed E-state index contributed by atoms with van der Waals surface area (Å²) in [5.41, 5.74) is 0. The molecule has 0 aliphatic rings. The molecule has 0 aromatic carbocycles. The van der Waals surface area contributed by atoms with E-state index >= 15 is 0 Å². The van der Waals surface area contributed by atoms with E-state index in [4.69, 9.17) is 14.2 Å². The smallest absolute Gasteiger partial charge is 0.306 e. The van der Waals surface area contributed by atoms with Crippen LogP contribution in [0.3, 0.4) is 0 Å². The zero-order valence-electron chi connectivity index (χ0n) is 43.1. The van der Waals surface area contributed by atoms with Crippen LogP contribution in [0.1, 0.15) is 290 Å². The van der Waals surface area contributed by atoms with Gasteiger partial charge >= 0.3 is 11.9 Å². The first kappa shape index (κ1) is 61.9. The molecule has 0 rings (SSSR count). The maximum absolute atomic E-state index is 12.8. The lowest BCUT2D eigenvalue weighted by Crippen LogP contribution is -2.30. The molecule has 1 atom stereocenters. The summed E-state index contributed by atoms with van der Waals surface area (Å²) >= 11 is 0. The van der Waals surface area contributed by atoms with E-state index in [1.54, 1.807) is 0 Å². The molecule has 0 spiro atoms. The second-order valence-corrected chi connectivity index (χ2v) is 18.8. The highest BCUT2D eigenvalue weighted by Gasteiger charge is 2.17. The Kier molecular flexibility index (Phi) is 53.3. The summed E-state index contributed by atoms with van der Waals surface area (Å²) in [6.07, 6.45) is 68.4. The quantitative estimate of drug-likeness (QED) is 0.0346. The van der Waals surface area contributed by atoms with Crippen LogP contribution in [0, 0.1) is 0 Å². The molecule has 0 saturated heterocycles. The van der Waals surface area contributed by atoms with E-state index in [2.05, 4.69) is 69.4 Å². The molecule has 5 nitrogen and oxygen atoms in total. The molecule has 0 N–H and O–H groups in total. The Balaban J connectivity index is 4.24. The van der Waals surface area contributed by atoms with E-state index in [-0.39, 0.29) is 25.2 Å². The number of hydrogen-bond acceptors (Lipinski definition) is 5. The van der Waals surface area contributed by atoms with Crippen molar-refractivity contribution in [3.63, 3.8) is 0 Å². The molecule has 64 heavy (non-hydrogen) atoms. The van der Waals surface area contributed by atoms with Gasteiger partial charge in [0.25, 0.3) is 0 Å². The molecule has 0 aromatic heterocycles. The highest BCUT2D eigenvalue weighted by molar-refractivity contribution is 5.70. The Morgan fingerprint density at radius 2 is 0.703 bits per heavy atom. The second kappa shape index (κ2) is 55.2. The third-order valence-corrected chi connectivity index (χ3v) is 12.4. The SMILES string of the molecule is CC/C=C\C/C=C\C/C=C\C/C=C\CCCCCCCCC(=O)OCC(COCCCCCCCCCCCCCCCCCC)OC(=O)CCCCCCCCCCCCCCC. The van der Waals surface area contributed by atoms with E-state index in [9.17, 15) is 9.59 Å². The van der Waals surface area contributed by atoms with Gasteiger partial charge in [-0.05, 0) is 57.8 Å². The summed E-state index contributed by atoms with van der Waals surface area (Å²) in [4.78, 5) is 25.5. The van der Waals surface area contributed by atoms with Crippen LogP contribution in [0.4, 0.5) is 0 Å². The van der Waals surface area contributed by atoms with E-state index in [1.165, 1.54) is 186 Å². The number of carbonyl (C=O) groups is 2. The van der Waals surface area contributed by atoms with Gasteiger partial charge in [0.2, 0.25) is 0 Å². The number of carbonyl (C=O) groups excluding carboxylic acids is 2. The van der Waals surface area contributed by atoms with Crippen molar-refractivity contribution < 1.29 is 23.8 Å². The van der Waals surface area contributed by atoms with Gasteiger partial charge in [0, 0.05) is 19.4 Å². The predicted octanol–water partition coefficient (Wildman–Crippen LogP) is 19.1. The molecule has 1 unspecified atom stereocenters. The molecule has 0 bridgehead atoms. The van der Waals surface area contributed by atoms with Crippen molar-refractivity contribution in [2.75, 3.05) is 19.8 Å². The number of ether oxygens (including phenoxy) is 3. The van der Waals surface area contributed by atoms with Crippen molar-refractivity contribution in [1.82, 2.24) is 0 Å². The summed E-state index contributed by atoms with van der Waals surface area (Å²) in [5, 5.41) is 0. The highest BCUT2D eigenvalue weighted by Crippen LogP contribution is 2.16. The first-order chi connectivity index (χ1) is 31.6. The molecule has 0 aliphatic heterocycles. The number of rotatable bonds is 52. The topological polar surface area (TPSA) is 61.8 Å². The molecule has 0 fully saturated rings. The van der Waals surface area contributed by atoms with Crippen LogP contribution in [-0.4, -0.2) is 37.9 Å². The predicted molar refractivity (Wildman–Crippen MR) is 279 cm³/mol. The van der Waals surface area contributed by atoms with Crippen molar-refractivity contribution >= 4 is 11.9 Å². The molecular formula is C59H108O5. The molecule has 0 heterocycles. The Hall–Kier alpha value is -2.14. The fraction of sp³-hybridized carbons (Fsp3) is 0.831. The lowest BCUT2D eigenvalue weighted by atomic mass is 10.0. The van der Waals surface area contributed by atoms with E-state index < -0.39 is 6.10 Å². The van der Waals surface area contributed by atoms with E-state index in [1.807, 2.05) is 0 Å². The minimum Gasteiger partial charge on any atom is -0.462 e. The van der Waals surface area contributed by atoms with Crippen LogP contribution in [0.5, 0.6) is 0 Å². The summed E-state index contributed by atoms with van der Waals surface area (Å²) in [6, 6.07) is 0. The second-order valence-electron chi connectivity index (χ2n) is 18.8. The minimum atomic E-state index is -0.537.